The maximum atomic E-state index is 13.5. The van der Waals surface area contributed by atoms with Gasteiger partial charge in [-0.1, -0.05) is 65.7 Å². The van der Waals surface area contributed by atoms with Crippen LogP contribution in [0.3, 0.4) is 0 Å². The molecule has 6 heteroatoms. The van der Waals surface area contributed by atoms with Crippen LogP contribution in [0.5, 0.6) is 5.75 Å². The zero-order valence-corrected chi connectivity index (χ0v) is 23.1. The second kappa shape index (κ2) is 12.0. The minimum atomic E-state index is -0.918. The summed E-state index contributed by atoms with van der Waals surface area (Å²) in [6.07, 6.45) is 4.70. The lowest BCUT2D eigenvalue weighted by molar-refractivity contribution is -0.137. The van der Waals surface area contributed by atoms with Crippen LogP contribution < -0.4 is 4.74 Å². The number of nitrogens with zero attached hydrogens (tertiary/aromatic N) is 1. The molecular weight excluding hydrogens is 530 g/mol. The Morgan fingerprint density at radius 3 is 2.35 bits per heavy atom. The number of benzene rings is 3. The Morgan fingerprint density at radius 2 is 1.68 bits per heavy atom. The van der Waals surface area contributed by atoms with E-state index in [1.807, 2.05) is 36.4 Å². The molecule has 5 nitrogen and oxygen atoms in total. The summed E-state index contributed by atoms with van der Waals surface area (Å²) in [6, 6.07) is 22.1. The van der Waals surface area contributed by atoms with Gasteiger partial charge in [0.05, 0.1) is 6.42 Å². The lowest BCUT2D eigenvalue weighted by Crippen LogP contribution is -2.33. The molecule has 0 saturated heterocycles. The van der Waals surface area contributed by atoms with Crippen molar-refractivity contribution < 1.29 is 19.4 Å². The van der Waals surface area contributed by atoms with Gasteiger partial charge in [0.15, 0.2) is 0 Å². The third kappa shape index (κ3) is 7.22. The Hall–Kier alpha value is -3.12. The Bertz CT molecular complexity index is 1240. The number of carboxylic acids is 1. The molecule has 37 heavy (non-hydrogen) atoms. The fraction of sp³-hybridized carbons (Fsp3) is 0.355. The highest BCUT2D eigenvalue weighted by Crippen LogP contribution is 2.38. The first-order valence-electron chi connectivity index (χ1n) is 12.9. The number of aliphatic carboxylic acids is 1. The summed E-state index contributed by atoms with van der Waals surface area (Å²) < 4.78 is 7.36. The van der Waals surface area contributed by atoms with Crippen molar-refractivity contribution in [3.63, 3.8) is 0 Å². The number of amides is 1. The van der Waals surface area contributed by atoms with E-state index in [4.69, 9.17) is 4.74 Å². The molecular formula is C31H34BrNO4. The molecule has 3 aromatic carbocycles. The number of aryl methyl sites for hydroxylation is 1. The van der Waals surface area contributed by atoms with Crippen LogP contribution in [0.4, 0.5) is 0 Å². The maximum absolute atomic E-state index is 13.5. The molecule has 4 rings (SSSR count). The summed E-state index contributed by atoms with van der Waals surface area (Å²) in [6.45, 7) is 4.80. The molecule has 1 amide bonds. The smallest absolute Gasteiger partial charge is 0.305 e. The van der Waals surface area contributed by atoms with Crippen molar-refractivity contribution in [3.8, 4) is 5.75 Å². The van der Waals surface area contributed by atoms with Gasteiger partial charge in [-0.25, -0.2) is 0 Å². The van der Waals surface area contributed by atoms with E-state index in [-0.39, 0.29) is 24.5 Å². The number of fused-ring (bicyclic) bond motifs is 1. The fourth-order valence-electron chi connectivity index (χ4n) is 4.87. The van der Waals surface area contributed by atoms with E-state index >= 15 is 0 Å². The molecule has 0 saturated carbocycles. The van der Waals surface area contributed by atoms with Gasteiger partial charge >= 0.3 is 5.97 Å². The van der Waals surface area contributed by atoms with E-state index in [0.717, 1.165) is 47.0 Å². The zero-order chi connectivity index (χ0) is 26.4. The number of carboxylic acid groups (broad SMARTS) is 1. The Kier molecular flexibility index (Phi) is 8.70. The largest absolute Gasteiger partial charge is 0.487 e. The normalized spacial score (nSPS) is 16.2. The summed E-state index contributed by atoms with van der Waals surface area (Å²) in [5.41, 5.74) is 4.63. The summed E-state index contributed by atoms with van der Waals surface area (Å²) >= 11 is 3.48. The molecule has 0 radical (unpaired) electrons. The first-order chi connectivity index (χ1) is 17.7. The van der Waals surface area contributed by atoms with Crippen molar-refractivity contribution in [2.75, 3.05) is 6.54 Å². The van der Waals surface area contributed by atoms with Gasteiger partial charge in [-0.15, -0.1) is 0 Å². The number of ether oxygens (including phenoxy) is 1. The third-order valence-electron chi connectivity index (χ3n) is 6.82. The van der Waals surface area contributed by atoms with Gasteiger partial charge in [-0.2, -0.15) is 0 Å². The van der Waals surface area contributed by atoms with Gasteiger partial charge in [0, 0.05) is 36.0 Å². The van der Waals surface area contributed by atoms with Crippen molar-refractivity contribution in [1.29, 1.82) is 0 Å². The van der Waals surface area contributed by atoms with E-state index < -0.39 is 5.97 Å². The highest BCUT2D eigenvalue weighted by molar-refractivity contribution is 9.10. The van der Waals surface area contributed by atoms with Crippen LogP contribution >= 0.6 is 15.9 Å². The number of unbranched alkanes of at least 4 members (excludes halogenated alkanes) is 1. The average molecular weight is 565 g/mol. The molecule has 0 unspecified atom stereocenters. The SMILES string of the molecule is CCCCc1ccc(CN(CCC(=O)O)C(=O)c2ccc3c(c2)C[C@](C)(Cc2ccc(Br)cc2)O3)cc1. The Labute approximate surface area is 227 Å². The highest BCUT2D eigenvalue weighted by Gasteiger charge is 2.35. The van der Waals surface area contributed by atoms with E-state index in [0.29, 0.717) is 18.5 Å². The Morgan fingerprint density at radius 1 is 1.00 bits per heavy atom. The lowest BCUT2D eigenvalue weighted by atomic mass is 9.91. The number of carbonyl (C=O) groups is 2. The minimum Gasteiger partial charge on any atom is -0.487 e. The molecule has 1 aliphatic heterocycles. The van der Waals surface area contributed by atoms with Crippen LogP contribution in [0.15, 0.2) is 71.2 Å². The Balaban J connectivity index is 1.48. The van der Waals surface area contributed by atoms with E-state index in [1.165, 1.54) is 11.1 Å². The van der Waals surface area contributed by atoms with Gasteiger partial charge in [0.2, 0.25) is 0 Å². The number of carbonyl (C=O) groups excluding carboxylic acids is 1. The standard InChI is InChI=1S/C31H34BrNO4/c1-3-4-5-22-6-8-24(9-7-22)21-33(17-16-29(34)35)30(36)25-12-15-28-26(18-25)20-31(2,37-28)19-23-10-13-27(32)14-11-23/h6-15,18H,3-5,16-17,19-21H2,1-2H3,(H,34,35)/t31-/m0/s1. The molecule has 1 atom stereocenters. The second-order valence-electron chi connectivity index (χ2n) is 10.1. The number of hydrogen-bond donors (Lipinski definition) is 1. The van der Waals surface area contributed by atoms with Crippen LogP contribution in [0, 0.1) is 0 Å². The van der Waals surface area contributed by atoms with Crippen LogP contribution in [0.25, 0.3) is 0 Å². The number of rotatable bonds is 11. The summed E-state index contributed by atoms with van der Waals surface area (Å²) in [5.74, 6) is -0.282. The molecule has 0 bridgehead atoms. The van der Waals surface area contributed by atoms with Crippen molar-refractivity contribution in [1.82, 2.24) is 4.90 Å². The number of hydrogen-bond acceptors (Lipinski definition) is 3. The van der Waals surface area contributed by atoms with Crippen LogP contribution in [0.2, 0.25) is 0 Å². The van der Waals surface area contributed by atoms with Gasteiger partial charge in [0.25, 0.3) is 5.91 Å². The van der Waals surface area contributed by atoms with E-state index in [1.54, 1.807) is 11.0 Å². The zero-order valence-electron chi connectivity index (χ0n) is 21.5. The molecule has 0 fully saturated rings. The van der Waals surface area contributed by atoms with Crippen molar-refractivity contribution in [2.45, 2.75) is 64.5 Å². The van der Waals surface area contributed by atoms with E-state index in [2.05, 4.69) is 54.0 Å². The minimum absolute atomic E-state index is 0.0976. The quantitative estimate of drug-likeness (QED) is 0.277. The van der Waals surface area contributed by atoms with Crippen LogP contribution in [0.1, 0.15) is 65.7 Å². The van der Waals surface area contributed by atoms with Gasteiger partial charge in [-0.3, -0.25) is 9.59 Å². The highest BCUT2D eigenvalue weighted by atomic mass is 79.9. The van der Waals surface area contributed by atoms with Gasteiger partial charge in [0.1, 0.15) is 11.4 Å². The average Bonchev–Trinajstić information content (AvgIpc) is 3.21. The van der Waals surface area contributed by atoms with Crippen molar-refractivity contribution in [3.05, 3.63) is 99.0 Å². The first kappa shape index (κ1) is 26.9. The summed E-state index contributed by atoms with van der Waals surface area (Å²) in [5, 5.41) is 9.26. The molecule has 194 valence electrons. The molecule has 3 aromatic rings. The van der Waals surface area contributed by atoms with E-state index in [9.17, 15) is 14.7 Å². The number of halogens is 1. The van der Waals surface area contributed by atoms with Gasteiger partial charge in [-0.05, 0) is 72.4 Å². The molecule has 1 aliphatic rings. The van der Waals surface area contributed by atoms with Crippen molar-refractivity contribution in [2.24, 2.45) is 0 Å². The predicted molar refractivity (Wildman–Crippen MR) is 149 cm³/mol. The molecule has 0 aliphatic carbocycles. The molecule has 0 aromatic heterocycles. The lowest BCUT2D eigenvalue weighted by Gasteiger charge is -2.24. The molecule has 1 N–H and O–H groups in total. The molecule has 1 heterocycles. The summed E-state index contributed by atoms with van der Waals surface area (Å²) in [7, 11) is 0. The fourth-order valence-corrected chi connectivity index (χ4v) is 5.13. The van der Waals surface area contributed by atoms with Crippen LogP contribution in [-0.4, -0.2) is 34.0 Å². The maximum Gasteiger partial charge on any atom is 0.305 e. The van der Waals surface area contributed by atoms with Gasteiger partial charge < -0.3 is 14.7 Å². The predicted octanol–water partition coefficient (Wildman–Crippen LogP) is 6.85. The third-order valence-corrected chi connectivity index (χ3v) is 7.35. The monoisotopic (exact) mass is 563 g/mol. The summed E-state index contributed by atoms with van der Waals surface area (Å²) in [4.78, 5) is 26.5. The second-order valence-corrected chi connectivity index (χ2v) is 11.1. The topological polar surface area (TPSA) is 66.8 Å². The molecule has 0 spiro atoms. The first-order valence-corrected chi connectivity index (χ1v) is 13.7. The van der Waals surface area contributed by atoms with Crippen LogP contribution in [-0.2, 0) is 30.6 Å². The van der Waals surface area contributed by atoms with Crippen molar-refractivity contribution >= 4 is 27.8 Å².